The summed E-state index contributed by atoms with van der Waals surface area (Å²) in [5, 5.41) is 5.03. The molecule has 2 aromatic carbocycles. The average Bonchev–Trinajstić information content (AvgIpc) is 3.28. The highest BCUT2D eigenvalue weighted by atomic mass is 35.5. The number of hydrogen-bond acceptors (Lipinski definition) is 2. The Morgan fingerprint density at radius 3 is 2.34 bits per heavy atom. The van der Waals surface area contributed by atoms with E-state index in [0.29, 0.717) is 5.11 Å². The lowest BCUT2D eigenvalue weighted by atomic mass is 9.93. The second-order valence-corrected chi connectivity index (χ2v) is 10.1. The molecular formula is C29H29ClN4S. The first kappa shape index (κ1) is 23.6. The van der Waals surface area contributed by atoms with Crippen LogP contribution in [0.3, 0.4) is 0 Å². The van der Waals surface area contributed by atoms with Crippen molar-refractivity contribution >= 4 is 34.6 Å². The molecule has 4 nitrogen and oxygen atoms in total. The third-order valence-electron chi connectivity index (χ3n) is 7.24. The molecule has 1 saturated heterocycles. The van der Waals surface area contributed by atoms with Crippen LogP contribution in [0.2, 0.25) is 5.02 Å². The van der Waals surface area contributed by atoms with Gasteiger partial charge in [-0.1, -0.05) is 29.8 Å². The van der Waals surface area contributed by atoms with E-state index < -0.39 is 0 Å². The van der Waals surface area contributed by atoms with E-state index in [1.54, 1.807) is 0 Å². The summed E-state index contributed by atoms with van der Waals surface area (Å²) in [6.07, 6.45) is 1.85. The van der Waals surface area contributed by atoms with Crippen LogP contribution in [0.5, 0.6) is 0 Å². The Balaban J connectivity index is 1.74. The molecule has 1 fully saturated rings. The summed E-state index contributed by atoms with van der Waals surface area (Å²) >= 11 is 12.3. The third-order valence-corrected chi connectivity index (χ3v) is 7.79. The highest BCUT2D eigenvalue weighted by molar-refractivity contribution is 7.80. The number of anilines is 1. The van der Waals surface area contributed by atoms with Crippen LogP contribution in [0.1, 0.15) is 51.4 Å². The number of halogens is 1. The Kier molecular flexibility index (Phi) is 6.16. The molecule has 1 N–H and O–H groups in total. The van der Waals surface area contributed by atoms with Gasteiger partial charge in [-0.25, -0.2) is 0 Å². The predicted octanol–water partition coefficient (Wildman–Crippen LogP) is 7.24. The normalized spacial score (nSPS) is 17.7. The van der Waals surface area contributed by atoms with Gasteiger partial charge in [-0.2, -0.15) is 0 Å². The molecule has 1 aliphatic rings. The first-order valence-electron chi connectivity index (χ1n) is 11.8. The number of nitrogens with one attached hydrogen (secondary N) is 1. The molecule has 1 aliphatic heterocycles. The lowest BCUT2D eigenvalue weighted by molar-refractivity contribution is 0.563. The number of thiocarbonyl (C=S) groups is 1. The van der Waals surface area contributed by atoms with Crippen LogP contribution in [0.15, 0.2) is 66.9 Å². The van der Waals surface area contributed by atoms with E-state index in [2.05, 4.69) is 79.7 Å². The standard InChI is InChI=1S/C29H29ClN4S/c1-17-12-13-24(15-18(17)2)34-28(27(32-29(34)35)25-11-6-7-14-31-25)26-19(3)20(4)33(21(26)5)23-10-8-9-22(30)16-23/h6-16,27-28H,1-5H3,(H,32,35)/t27-,28+/m0/s1. The van der Waals surface area contributed by atoms with Crippen LogP contribution in [0.4, 0.5) is 5.69 Å². The highest BCUT2D eigenvalue weighted by Crippen LogP contribution is 2.45. The van der Waals surface area contributed by atoms with Gasteiger partial charge in [0.2, 0.25) is 0 Å². The van der Waals surface area contributed by atoms with Crippen molar-refractivity contribution < 1.29 is 0 Å². The lowest BCUT2D eigenvalue weighted by Crippen LogP contribution is -2.30. The largest absolute Gasteiger partial charge is 0.351 e. The first-order chi connectivity index (χ1) is 16.8. The second kappa shape index (κ2) is 9.14. The van der Waals surface area contributed by atoms with Gasteiger partial charge in [0, 0.05) is 39.5 Å². The van der Waals surface area contributed by atoms with Crippen LogP contribution < -0.4 is 10.2 Å². The molecule has 0 spiro atoms. The van der Waals surface area contributed by atoms with Gasteiger partial charge in [0.15, 0.2) is 5.11 Å². The van der Waals surface area contributed by atoms with Gasteiger partial charge in [-0.15, -0.1) is 0 Å². The SMILES string of the molecule is Cc1ccc(N2C(=S)N[C@@H](c3ccccn3)[C@H]2c2c(C)c(C)n(-c3cccc(Cl)c3)c2C)cc1C. The highest BCUT2D eigenvalue weighted by Gasteiger charge is 2.43. The molecule has 178 valence electrons. The maximum Gasteiger partial charge on any atom is 0.174 e. The van der Waals surface area contributed by atoms with E-state index in [9.17, 15) is 0 Å². The summed E-state index contributed by atoms with van der Waals surface area (Å²) in [7, 11) is 0. The topological polar surface area (TPSA) is 33.1 Å². The lowest BCUT2D eigenvalue weighted by Gasteiger charge is -2.29. The molecule has 0 radical (unpaired) electrons. The molecule has 5 rings (SSSR count). The number of hydrogen-bond donors (Lipinski definition) is 1. The minimum Gasteiger partial charge on any atom is -0.351 e. The quantitative estimate of drug-likeness (QED) is 0.299. The molecule has 2 aromatic heterocycles. The van der Waals surface area contributed by atoms with Gasteiger partial charge in [0.05, 0.1) is 17.8 Å². The fraction of sp³-hybridized carbons (Fsp3) is 0.241. The van der Waals surface area contributed by atoms with Crippen LogP contribution in [0.25, 0.3) is 5.69 Å². The average molecular weight is 501 g/mol. The Morgan fingerprint density at radius 2 is 1.66 bits per heavy atom. The third kappa shape index (κ3) is 4.03. The number of aryl methyl sites for hydroxylation is 2. The van der Waals surface area contributed by atoms with E-state index in [0.717, 1.165) is 22.1 Å². The summed E-state index contributed by atoms with van der Waals surface area (Å²) in [5.41, 5.74) is 10.5. The number of nitrogens with zero attached hydrogens (tertiary/aromatic N) is 3. The number of pyridine rings is 1. The number of benzene rings is 2. The van der Waals surface area contributed by atoms with E-state index in [1.165, 1.54) is 33.6 Å². The molecule has 0 amide bonds. The minimum atomic E-state index is -0.0858. The molecule has 0 saturated carbocycles. The monoisotopic (exact) mass is 500 g/mol. The number of aromatic nitrogens is 2. The van der Waals surface area contributed by atoms with Crippen molar-refractivity contribution in [3.63, 3.8) is 0 Å². The van der Waals surface area contributed by atoms with E-state index in [4.69, 9.17) is 28.8 Å². The molecule has 0 bridgehead atoms. The zero-order valence-electron chi connectivity index (χ0n) is 20.6. The fourth-order valence-electron chi connectivity index (χ4n) is 5.25. The summed E-state index contributed by atoms with van der Waals surface area (Å²) in [6, 6.07) is 20.5. The van der Waals surface area contributed by atoms with Crippen molar-refractivity contribution in [2.45, 2.75) is 46.7 Å². The van der Waals surface area contributed by atoms with Gasteiger partial charge in [0.25, 0.3) is 0 Å². The predicted molar refractivity (Wildman–Crippen MR) is 149 cm³/mol. The Hall–Kier alpha value is -3.15. The molecule has 0 unspecified atom stereocenters. The minimum absolute atomic E-state index is 0.0568. The van der Waals surface area contributed by atoms with Crippen LogP contribution in [-0.4, -0.2) is 14.7 Å². The van der Waals surface area contributed by atoms with Crippen molar-refractivity contribution in [2.24, 2.45) is 0 Å². The summed E-state index contributed by atoms with van der Waals surface area (Å²) in [6.45, 7) is 10.8. The van der Waals surface area contributed by atoms with E-state index in [1.807, 2.05) is 36.5 Å². The van der Waals surface area contributed by atoms with Crippen molar-refractivity contribution in [1.82, 2.24) is 14.9 Å². The van der Waals surface area contributed by atoms with E-state index >= 15 is 0 Å². The second-order valence-electron chi connectivity index (χ2n) is 9.29. The molecule has 3 heterocycles. The Bertz CT molecular complexity index is 1430. The van der Waals surface area contributed by atoms with Crippen LogP contribution in [-0.2, 0) is 0 Å². The zero-order valence-corrected chi connectivity index (χ0v) is 22.2. The molecule has 4 aromatic rings. The molecule has 6 heteroatoms. The van der Waals surface area contributed by atoms with Gasteiger partial charge in [-0.05, 0) is 106 Å². The molecular weight excluding hydrogens is 472 g/mol. The Morgan fingerprint density at radius 1 is 0.857 bits per heavy atom. The maximum atomic E-state index is 6.37. The van der Waals surface area contributed by atoms with Crippen LogP contribution in [0, 0.1) is 34.6 Å². The summed E-state index contributed by atoms with van der Waals surface area (Å²) in [4.78, 5) is 6.98. The van der Waals surface area contributed by atoms with Gasteiger partial charge < -0.3 is 14.8 Å². The zero-order chi connectivity index (χ0) is 24.9. The summed E-state index contributed by atoms with van der Waals surface area (Å²) < 4.78 is 2.30. The van der Waals surface area contributed by atoms with Crippen molar-refractivity contribution in [3.8, 4) is 5.69 Å². The molecule has 2 atom stereocenters. The smallest absolute Gasteiger partial charge is 0.174 e. The summed E-state index contributed by atoms with van der Waals surface area (Å²) in [5.74, 6) is 0. The maximum absolute atomic E-state index is 6.37. The molecule has 0 aliphatic carbocycles. The molecule has 35 heavy (non-hydrogen) atoms. The van der Waals surface area contributed by atoms with E-state index in [-0.39, 0.29) is 12.1 Å². The Labute approximate surface area is 217 Å². The van der Waals surface area contributed by atoms with Crippen LogP contribution >= 0.6 is 23.8 Å². The van der Waals surface area contributed by atoms with Gasteiger partial charge in [0.1, 0.15) is 0 Å². The first-order valence-corrected chi connectivity index (χ1v) is 12.6. The van der Waals surface area contributed by atoms with Gasteiger partial charge in [-0.3, -0.25) is 4.98 Å². The fourth-order valence-corrected chi connectivity index (χ4v) is 5.78. The van der Waals surface area contributed by atoms with Crippen molar-refractivity contribution in [3.05, 3.63) is 111 Å². The van der Waals surface area contributed by atoms with Gasteiger partial charge >= 0.3 is 0 Å². The van der Waals surface area contributed by atoms with Crippen molar-refractivity contribution in [2.75, 3.05) is 4.90 Å². The van der Waals surface area contributed by atoms with Crippen molar-refractivity contribution in [1.29, 1.82) is 0 Å². The number of rotatable bonds is 4.